The Kier molecular flexibility index (Phi) is 4.83. The highest BCUT2D eigenvalue weighted by Crippen LogP contribution is 2.12. The second-order valence-corrected chi connectivity index (χ2v) is 6.10. The van der Waals surface area contributed by atoms with E-state index in [4.69, 9.17) is 15.4 Å². The normalized spacial score (nSPS) is 11.9. The second-order valence-electron chi connectivity index (χ2n) is 3.21. The maximum atomic E-state index is 10.6. The molecule has 0 aromatic heterocycles. The van der Waals surface area contributed by atoms with Crippen molar-refractivity contribution >= 4 is 25.8 Å². The van der Waals surface area contributed by atoms with Crippen LogP contribution in [0.15, 0.2) is 30.3 Å². The molecule has 0 spiro atoms. The zero-order valence-electron chi connectivity index (χ0n) is 8.89. The average Bonchev–Trinajstić information content (AvgIpc) is 2.24. The number of methoxy groups -OCH3 is 1. The van der Waals surface area contributed by atoms with Crippen LogP contribution >= 0.6 is 10.7 Å². The van der Waals surface area contributed by atoms with Crippen LogP contribution in [0.5, 0.6) is 5.75 Å². The summed E-state index contributed by atoms with van der Waals surface area (Å²) in [5.41, 5.74) is 0.993. The standard InChI is InChI=1S/C11H13ClO3S/c1-15-11-7-5-10(6-8-11)4-2-3-9-16(12,13)14/h2,4-8H,3,9H2,1H3/b4-2+. The van der Waals surface area contributed by atoms with Gasteiger partial charge in [-0.1, -0.05) is 24.3 Å². The number of hydrogen-bond acceptors (Lipinski definition) is 3. The monoisotopic (exact) mass is 260 g/mol. The molecule has 16 heavy (non-hydrogen) atoms. The summed E-state index contributed by atoms with van der Waals surface area (Å²) < 4.78 is 26.3. The van der Waals surface area contributed by atoms with E-state index < -0.39 is 9.05 Å². The van der Waals surface area contributed by atoms with E-state index >= 15 is 0 Å². The molecule has 0 amide bonds. The first-order valence-corrected chi connectivity index (χ1v) is 7.22. The highest BCUT2D eigenvalue weighted by atomic mass is 35.7. The Morgan fingerprint density at radius 3 is 2.44 bits per heavy atom. The second kappa shape index (κ2) is 5.92. The molecule has 5 heteroatoms. The summed E-state index contributed by atoms with van der Waals surface area (Å²) in [6.45, 7) is 0. The fourth-order valence-electron chi connectivity index (χ4n) is 1.14. The summed E-state index contributed by atoms with van der Waals surface area (Å²) in [5.74, 6) is 0.752. The highest BCUT2D eigenvalue weighted by Gasteiger charge is 2.01. The molecule has 0 aliphatic heterocycles. The van der Waals surface area contributed by atoms with Crippen molar-refractivity contribution < 1.29 is 13.2 Å². The molecule has 0 saturated carbocycles. The first kappa shape index (κ1) is 13.1. The van der Waals surface area contributed by atoms with E-state index in [1.807, 2.05) is 30.3 Å². The van der Waals surface area contributed by atoms with Crippen LogP contribution in [0, 0.1) is 0 Å². The summed E-state index contributed by atoms with van der Waals surface area (Å²) in [6, 6.07) is 7.48. The lowest BCUT2D eigenvalue weighted by Gasteiger charge is -1.98. The molecule has 0 saturated heterocycles. The van der Waals surface area contributed by atoms with Crippen LogP contribution in [-0.2, 0) is 9.05 Å². The summed E-state index contributed by atoms with van der Waals surface area (Å²) in [4.78, 5) is 0. The largest absolute Gasteiger partial charge is 0.497 e. The van der Waals surface area contributed by atoms with Gasteiger partial charge in [-0.3, -0.25) is 0 Å². The van der Waals surface area contributed by atoms with Gasteiger partial charge < -0.3 is 4.74 Å². The summed E-state index contributed by atoms with van der Waals surface area (Å²) >= 11 is 0. The third-order valence-corrected chi connectivity index (χ3v) is 3.14. The zero-order chi connectivity index (χ0) is 12.0. The van der Waals surface area contributed by atoms with Gasteiger partial charge in [0.1, 0.15) is 5.75 Å². The van der Waals surface area contributed by atoms with Crippen LogP contribution in [0.25, 0.3) is 6.08 Å². The number of allylic oxidation sites excluding steroid dienone is 1. The minimum absolute atomic E-state index is 0.0405. The van der Waals surface area contributed by atoms with Crippen molar-refractivity contribution in [3.63, 3.8) is 0 Å². The molecule has 1 aromatic carbocycles. The molecular formula is C11H13ClO3S. The lowest BCUT2D eigenvalue weighted by molar-refractivity contribution is 0.415. The van der Waals surface area contributed by atoms with Gasteiger partial charge in [0.2, 0.25) is 9.05 Å². The average molecular weight is 261 g/mol. The van der Waals surface area contributed by atoms with E-state index in [2.05, 4.69) is 0 Å². The van der Waals surface area contributed by atoms with Gasteiger partial charge in [0.15, 0.2) is 0 Å². The van der Waals surface area contributed by atoms with E-state index in [0.29, 0.717) is 6.42 Å². The van der Waals surface area contributed by atoms with Gasteiger partial charge >= 0.3 is 0 Å². The molecule has 1 rings (SSSR count). The van der Waals surface area contributed by atoms with Crippen molar-refractivity contribution in [1.29, 1.82) is 0 Å². The van der Waals surface area contributed by atoms with Crippen molar-refractivity contribution in [2.24, 2.45) is 0 Å². The fraction of sp³-hybridized carbons (Fsp3) is 0.273. The summed E-state index contributed by atoms with van der Waals surface area (Å²) in [5, 5.41) is 0. The molecule has 1 aromatic rings. The minimum atomic E-state index is -3.39. The van der Waals surface area contributed by atoms with E-state index in [-0.39, 0.29) is 5.75 Å². The smallest absolute Gasteiger partial charge is 0.232 e. The van der Waals surface area contributed by atoms with Crippen molar-refractivity contribution in [3.8, 4) is 5.75 Å². The van der Waals surface area contributed by atoms with Crippen molar-refractivity contribution in [2.45, 2.75) is 6.42 Å². The molecule has 0 heterocycles. The Hall–Kier alpha value is -1.00. The van der Waals surface area contributed by atoms with Gasteiger partial charge in [-0.2, -0.15) is 0 Å². The number of rotatable bonds is 5. The van der Waals surface area contributed by atoms with Gasteiger partial charge in [-0.05, 0) is 24.1 Å². The molecule has 0 bridgehead atoms. The Morgan fingerprint density at radius 2 is 1.94 bits per heavy atom. The Morgan fingerprint density at radius 1 is 1.31 bits per heavy atom. The molecule has 0 unspecified atom stereocenters. The van der Waals surface area contributed by atoms with Crippen LogP contribution in [0.2, 0.25) is 0 Å². The quantitative estimate of drug-likeness (QED) is 0.765. The van der Waals surface area contributed by atoms with Crippen LogP contribution in [0.4, 0.5) is 0 Å². The molecule has 0 radical (unpaired) electrons. The highest BCUT2D eigenvalue weighted by molar-refractivity contribution is 8.13. The molecule has 0 atom stereocenters. The third-order valence-electron chi connectivity index (χ3n) is 1.95. The van der Waals surface area contributed by atoms with Gasteiger partial charge in [0, 0.05) is 10.7 Å². The first-order valence-electron chi connectivity index (χ1n) is 4.74. The van der Waals surface area contributed by atoms with Crippen molar-refractivity contribution in [2.75, 3.05) is 12.9 Å². The van der Waals surface area contributed by atoms with Gasteiger partial charge in [-0.25, -0.2) is 8.42 Å². The predicted molar refractivity (Wildman–Crippen MR) is 66.3 cm³/mol. The van der Waals surface area contributed by atoms with Crippen molar-refractivity contribution in [1.82, 2.24) is 0 Å². The predicted octanol–water partition coefficient (Wildman–Crippen LogP) is 2.67. The summed E-state index contributed by atoms with van der Waals surface area (Å²) in [6.07, 6.45) is 4.04. The van der Waals surface area contributed by atoms with E-state index in [1.54, 1.807) is 13.2 Å². The molecular weight excluding hydrogens is 248 g/mol. The minimum Gasteiger partial charge on any atom is -0.497 e. The number of halogens is 1. The van der Waals surface area contributed by atoms with Gasteiger partial charge in [-0.15, -0.1) is 0 Å². The first-order chi connectivity index (χ1) is 7.51. The molecule has 0 fully saturated rings. The van der Waals surface area contributed by atoms with Gasteiger partial charge in [0.25, 0.3) is 0 Å². The molecule has 0 aliphatic carbocycles. The molecule has 88 valence electrons. The SMILES string of the molecule is COc1ccc(/C=C/CCS(=O)(=O)Cl)cc1. The van der Waals surface area contributed by atoms with Crippen LogP contribution in [0.1, 0.15) is 12.0 Å². The molecule has 3 nitrogen and oxygen atoms in total. The lowest BCUT2D eigenvalue weighted by atomic mass is 10.2. The number of ether oxygens (including phenoxy) is 1. The van der Waals surface area contributed by atoms with Crippen LogP contribution in [-0.4, -0.2) is 21.3 Å². The maximum Gasteiger partial charge on any atom is 0.232 e. The maximum absolute atomic E-state index is 10.6. The lowest BCUT2D eigenvalue weighted by Crippen LogP contribution is -1.94. The van der Waals surface area contributed by atoms with Crippen molar-refractivity contribution in [3.05, 3.63) is 35.9 Å². The fourth-order valence-corrected chi connectivity index (χ4v) is 1.83. The number of benzene rings is 1. The van der Waals surface area contributed by atoms with Crippen LogP contribution < -0.4 is 4.74 Å². The zero-order valence-corrected chi connectivity index (χ0v) is 10.5. The Balaban J connectivity index is 2.50. The Bertz CT molecular complexity index is 449. The van der Waals surface area contributed by atoms with E-state index in [0.717, 1.165) is 11.3 Å². The third kappa shape index (κ3) is 5.19. The van der Waals surface area contributed by atoms with E-state index in [9.17, 15) is 8.42 Å². The summed E-state index contributed by atoms with van der Waals surface area (Å²) in [7, 11) is 3.30. The molecule has 0 aliphatic rings. The van der Waals surface area contributed by atoms with Gasteiger partial charge in [0.05, 0.1) is 12.9 Å². The van der Waals surface area contributed by atoms with E-state index in [1.165, 1.54) is 0 Å². The number of hydrogen-bond donors (Lipinski definition) is 0. The molecule has 0 N–H and O–H groups in total. The topological polar surface area (TPSA) is 43.4 Å². The van der Waals surface area contributed by atoms with Crippen LogP contribution in [0.3, 0.4) is 0 Å². The Labute approximate surface area is 100 Å².